The summed E-state index contributed by atoms with van der Waals surface area (Å²) in [6, 6.07) is 5.54. The average molecular weight is 343 g/mol. The quantitative estimate of drug-likeness (QED) is 0.900. The Morgan fingerprint density at radius 1 is 1.40 bits per heavy atom. The highest BCUT2D eigenvalue weighted by Gasteiger charge is 2.34. The lowest BCUT2D eigenvalue weighted by atomic mass is 9.84. The van der Waals surface area contributed by atoms with Crippen molar-refractivity contribution in [3.8, 4) is 0 Å². The van der Waals surface area contributed by atoms with Crippen LogP contribution in [0.25, 0.3) is 0 Å². The van der Waals surface area contributed by atoms with Crippen molar-refractivity contribution < 1.29 is 4.39 Å². The number of rotatable bonds is 3. The van der Waals surface area contributed by atoms with E-state index in [0.29, 0.717) is 24.4 Å². The van der Waals surface area contributed by atoms with Crippen LogP contribution >= 0.6 is 15.9 Å². The maximum Gasteiger partial charge on any atom is 0.124 e. The van der Waals surface area contributed by atoms with Crippen LogP contribution in [0.1, 0.15) is 38.8 Å². The van der Waals surface area contributed by atoms with Gasteiger partial charge in [-0.05, 0) is 42.9 Å². The minimum Gasteiger partial charge on any atom is -0.329 e. The maximum absolute atomic E-state index is 13.3. The zero-order valence-corrected chi connectivity index (χ0v) is 14.0. The molecule has 1 aliphatic rings. The van der Waals surface area contributed by atoms with Crippen LogP contribution in [0.4, 0.5) is 4.39 Å². The Balaban J connectivity index is 2.31. The van der Waals surface area contributed by atoms with E-state index in [2.05, 4.69) is 41.6 Å². The number of nitrogens with two attached hydrogens (primary N) is 1. The van der Waals surface area contributed by atoms with Gasteiger partial charge in [0.25, 0.3) is 0 Å². The van der Waals surface area contributed by atoms with Crippen LogP contribution in [-0.2, 0) is 0 Å². The molecular formula is C16H24BrFN2. The van der Waals surface area contributed by atoms with Crippen molar-refractivity contribution in [2.24, 2.45) is 17.6 Å². The monoisotopic (exact) mass is 342 g/mol. The highest BCUT2D eigenvalue weighted by molar-refractivity contribution is 9.10. The van der Waals surface area contributed by atoms with Gasteiger partial charge in [0.1, 0.15) is 5.82 Å². The van der Waals surface area contributed by atoms with Gasteiger partial charge in [-0.3, -0.25) is 4.90 Å². The molecule has 1 aliphatic heterocycles. The lowest BCUT2D eigenvalue weighted by Crippen LogP contribution is -2.49. The van der Waals surface area contributed by atoms with E-state index in [4.69, 9.17) is 5.73 Å². The van der Waals surface area contributed by atoms with Crippen molar-refractivity contribution in [3.05, 3.63) is 34.1 Å². The first-order chi connectivity index (χ1) is 9.43. The van der Waals surface area contributed by atoms with Crippen molar-refractivity contribution in [1.82, 2.24) is 4.90 Å². The van der Waals surface area contributed by atoms with Crippen molar-refractivity contribution in [2.45, 2.75) is 39.3 Å². The molecule has 0 bridgehead atoms. The Morgan fingerprint density at radius 3 is 2.70 bits per heavy atom. The van der Waals surface area contributed by atoms with Crippen molar-refractivity contribution in [3.63, 3.8) is 0 Å². The minimum absolute atomic E-state index is 0.144. The summed E-state index contributed by atoms with van der Waals surface area (Å²) in [6.07, 6.45) is 1.26. The predicted molar refractivity (Wildman–Crippen MR) is 85.0 cm³/mol. The molecule has 0 amide bonds. The summed E-state index contributed by atoms with van der Waals surface area (Å²) >= 11 is 3.48. The van der Waals surface area contributed by atoms with Gasteiger partial charge in [0.2, 0.25) is 0 Å². The van der Waals surface area contributed by atoms with E-state index in [1.807, 2.05) is 6.07 Å². The van der Waals surface area contributed by atoms with E-state index >= 15 is 0 Å². The molecule has 0 saturated carbocycles. The van der Waals surface area contributed by atoms with Crippen LogP contribution in [0.15, 0.2) is 22.7 Å². The molecule has 0 radical (unpaired) electrons. The molecule has 20 heavy (non-hydrogen) atoms. The number of nitrogens with zero attached hydrogens (tertiary/aromatic N) is 1. The SMILES string of the molecule is CC1CC(C)C(C)N(C(CN)c2ccc(F)cc2Br)C1. The molecule has 112 valence electrons. The highest BCUT2D eigenvalue weighted by atomic mass is 79.9. The van der Waals surface area contributed by atoms with Gasteiger partial charge in [0, 0.05) is 29.6 Å². The maximum atomic E-state index is 13.3. The smallest absolute Gasteiger partial charge is 0.124 e. The van der Waals surface area contributed by atoms with Crippen LogP contribution in [-0.4, -0.2) is 24.0 Å². The summed E-state index contributed by atoms with van der Waals surface area (Å²) in [5.41, 5.74) is 7.12. The fraction of sp³-hybridized carbons (Fsp3) is 0.625. The molecule has 1 fully saturated rings. The molecule has 1 aromatic carbocycles. The second kappa shape index (κ2) is 6.54. The molecule has 1 heterocycles. The van der Waals surface area contributed by atoms with Gasteiger partial charge < -0.3 is 5.73 Å². The van der Waals surface area contributed by atoms with E-state index in [9.17, 15) is 4.39 Å². The van der Waals surface area contributed by atoms with Gasteiger partial charge in [-0.25, -0.2) is 4.39 Å². The molecule has 4 atom stereocenters. The number of hydrogen-bond acceptors (Lipinski definition) is 2. The lowest BCUT2D eigenvalue weighted by molar-refractivity contribution is 0.0422. The van der Waals surface area contributed by atoms with E-state index in [1.54, 1.807) is 0 Å². The first kappa shape index (κ1) is 15.9. The highest BCUT2D eigenvalue weighted by Crippen LogP contribution is 2.35. The summed E-state index contributed by atoms with van der Waals surface area (Å²) in [6.45, 7) is 8.48. The first-order valence-electron chi connectivity index (χ1n) is 7.34. The number of likely N-dealkylation sites (tertiary alicyclic amines) is 1. The topological polar surface area (TPSA) is 29.3 Å². The van der Waals surface area contributed by atoms with Gasteiger partial charge in [-0.1, -0.05) is 35.8 Å². The summed E-state index contributed by atoms with van der Waals surface area (Å²) in [4.78, 5) is 2.48. The van der Waals surface area contributed by atoms with Crippen LogP contribution in [0.2, 0.25) is 0 Å². The molecule has 1 saturated heterocycles. The average Bonchev–Trinajstić information content (AvgIpc) is 2.38. The Bertz CT molecular complexity index is 466. The standard InChI is InChI=1S/C16H24BrFN2/c1-10-6-11(2)12(3)20(9-10)16(8-19)14-5-4-13(18)7-15(14)17/h4-5,7,10-12,16H,6,8-9,19H2,1-3H3. The van der Waals surface area contributed by atoms with Crippen LogP contribution < -0.4 is 5.73 Å². The van der Waals surface area contributed by atoms with Crippen LogP contribution in [0.3, 0.4) is 0 Å². The normalized spacial score (nSPS) is 29.4. The molecule has 4 heteroatoms. The Labute approximate surface area is 129 Å². The number of halogens is 2. The predicted octanol–water partition coefficient (Wildman–Crippen LogP) is 3.95. The van der Waals surface area contributed by atoms with Crippen LogP contribution in [0, 0.1) is 17.7 Å². The van der Waals surface area contributed by atoms with E-state index in [1.165, 1.54) is 18.6 Å². The minimum atomic E-state index is -0.218. The molecule has 0 aromatic heterocycles. The molecule has 4 unspecified atom stereocenters. The third-order valence-electron chi connectivity index (χ3n) is 4.59. The molecule has 0 spiro atoms. The molecule has 2 rings (SSSR count). The fourth-order valence-electron chi connectivity index (χ4n) is 3.38. The van der Waals surface area contributed by atoms with Crippen molar-refractivity contribution >= 4 is 15.9 Å². The largest absolute Gasteiger partial charge is 0.329 e. The van der Waals surface area contributed by atoms with Crippen molar-refractivity contribution in [2.75, 3.05) is 13.1 Å². The first-order valence-corrected chi connectivity index (χ1v) is 8.14. The second-order valence-electron chi connectivity index (χ2n) is 6.17. The van der Waals surface area contributed by atoms with E-state index in [-0.39, 0.29) is 11.9 Å². The van der Waals surface area contributed by atoms with Crippen LogP contribution in [0.5, 0.6) is 0 Å². The molecule has 1 aromatic rings. The molecule has 0 aliphatic carbocycles. The number of hydrogen-bond donors (Lipinski definition) is 1. The van der Waals surface area contributed by atoms with Gasteiger partial charge in [0.15, 0.2) is 0 Å². The van der Waals surface area contributed by atoms with E-state index < -0.39 is 0 Å². The molecule has 2 N–H and O–H groups in total. The number of benzene rings is 1. The van der Waals surface area contributed by atoms with Gasteiger partial charge in [-0.2, -0.15) is 0 Å². The van der Waals surface area contributed by atoms with Crippen molar-refractivity contribution in [1.29, 1.82) is 0 Å². The van der Waals surface area contributed by atoms with E-state index in [0.717, 1.165) is 16.6 Å². The van der Waals surface area contributed by atoms with Gasteiger partial charge in [-0.15, -0.1) is 0 Å². The summed E-state index contributed by atoms with van der Waals surface area (Å²) < 4.78 is 14.1. The zero-order valence-electron chi connectivity index (χ0n) is 12.4. The second-order valence-corrected chi connectivity index (χ2v) is 7.03. The molecular weight excluding hydrogens is 319 g/mol. The lowest BCUT2D eigenvalue weighted by Gasteiger charge is -2.45. The third kappa shape index (κ3) is 3.23. The summed E-state index contributed by atoms with van der Waals surface area (Å²) in [5, 5.41) is 0. The Hall–Kier alpha value is -0.450. The number of piperidine rings is 1. The van der Waals surface area contributed by atoms with Gasteiger partial charge >= 0.3 is 0 Å². The summed E-state index contributed by atoms with van der Waals surface area (Å²) in [7, 11) is 0. The third-order valence-corrected chi connectivity index (χ3v) is 5.28. The van der Waals surface area contributed by atoms with Gasteiger partial charge in [0.05, 0.1) is 0 Å². The molecule has 2 nitrogen and oxygen atoms in total. The summed E-state index contributed by atoms with van der Waals surface area (Å²) in [5.74, 6) is 1.12. The Kier molecular flexibility index (Phi) is 5.21. The zero-order chi connectivity index (χ0) is 14.9. The fourth-order valence-corrected chi connectivity index (χ4v) is 4.00. The Morgan fingerprint density at radius 2 is 2.10 bits per heavy atom.